The fourth-order valence-electron chi connectivity index (χ4n) is 3.08. The first-order chi connectivity index (χ1) is 13.7. The molecule has 1 aliphatic rings. The summed E-state index contributed by atoms with van der Waals surface area (Å²) in [4.78, 5) is 12.5. The molecule has 1 N–H and O–H groups in total. The van der Waals surface area contributed by atoms with Crippen LogP contribution in [0.1, 0.15) is 35.7 Å². The van der Waals surface area contributed by atoms with E-state index in [2.05, 4.69) is 5.32 Å². The molecule has 0 aromatic heterocycles. The van der Waals surface area contributed by atoms with Gasteiger partial charge in [-0.1, -0.05) is 0 Å². The van der Waals surface area contributed by atoms with E-state index in [0.29, 0.717) is 31.1 Å². The summed E-state index contributed by atoms with van der Waals surface area (Å²) in [5, 5.41) is 2.95. The van der Waals surface area contributed by atoms with Gasteiger partial charge in [0.1, 0.15) is 23.9 Å². The number of ether oxygens (including phenoxy) is 4. The van der Waals surface area contributed by atoms with Gasteiger partial charge in [0.05, 0.1) is 19.8 Å². The molecule has 0 radical (unpaired) electrons. The van der Waals surface area contributed by atoms with Gasteiger partial charge in [-0.25, -0.2) is 0 Å². The number of rotatable bonds is 9. The first-order valence-electron chi connectivity index (χ1n) is 9.62. The monoisotopic (exact) mass is 385 g/mol. The van der Waals surface area contributed by atoms with Crippen LogP contribution >= 0.6 is 0 Å². The molecular weight excluding hydrogens is 358 g/mol. The SMILES string of the molecule is CCOc1ccc(C(=O)NCC2CCCO2)cc1COc1ccc(OC)cc1. The lowest BCUT2D eigenvalue weighted by molar-refractivity contribution is 0.0857. The summed E-state index contributed by atoms with van der Waals surface area (Å²) in [6.07, 6.45) is 2.16. The predicted molar refractivity (Wildman–Crippen MR) is 106 cm³/mol. The molecule has 1 amide bonds. The van der Waals surface area contributed by atoms with Gasteiger partial charge in [0.25, 0.3) is 5.91 Å². The Hall–Kier alpha value is -2.73. The minimum atomic E-state index is -0.121. The fourth-order valence-corrected chi connectivity index (χ4v) is 3.08. The maximum atomic E-state index is 12.5. The minimum Gasteiger partial charge on any atom is -0.497 e. The van der Waals surface area contributed by atoms with E-state index in [4.69, 9.17) is 18.9 Å². The third-order valence-corrected chi connectivity index (χ3v) is 4.59. The lowest BCUT2D eigenvalue weighted by atomic mass is 10.1. The molecule has 1 aliphatic heterocycles. The molecule has 0 saturated carbocycles. The molecule has 6 heteroatoms. The van der Waals surface area contributed by atoms with E-state index >= 15 is 0 Å². The zero-order chi connectivity index (χ0) is 19.8. The molecule has 0 aliphatic carbocycles. The van der Waals surface area contributed by atoms with Gasteiger partial charge in [-0.15, -0.1) is 0 Å². The van der Waals surface area contributed by atoms with Crippen molar-refractivity contribution >= 4 is 5.91 Å². The van der Waals surface area contributed by atoms with Gasteiger partial charge in [-0.2, -0.15) is 0 Å². The van der Waals surface area contributed by atoms with Crippen LogP contribution in [0, 0.1) is 0 Å². The van der Waals surface area contributed by atoms with Crippen LogP contribution in [0.3, 0.4) is 0 Å². The van der Waals surface area contributed by atoms with Gasteiger partial charge >= 0.3 is 0 Å². The zero-order valence-corrected chi connectivity index (χ0v) is 16.4. The summed E-state index contributed by atoms with van der Waals surface area (Å²) in [5.41, 5.74) is 1.40. The van der Waals surface area contributed by atoms with Crippen LogP contribution in [0.5, 0.6) is 17.2 Å². The summed E-state index contributed by atoms with van der Waals surface area (Å²) in [5.74, 6) is 2.08. The standard InChI is InChI=1S/C22H27NO5/c1-3-26-21-11-6-16(22(24)23-14-20-5-4-12-27-20)13-17(21)15-28-19-9-7-18(25-2)8-10-19/h6-11,13,20H,3-5,12,14-15H2,1-2H3,(H,23,24). The largest absolute Gasteiger partial charge is 0.497 e. The van der Waals surface area contributed by atoms with Crippen molar-refractivity contribution in [1.82, 2.24) is 5.32 Å². The van der Waals surface area contributed by atoms with Crippen molar-refractivity contribution < 1.29 is 23.7 Å². The van der Waals surface area contributed by atoms with Crippen LogP contribution in [0.2, 0.25) is 0 Å². The quantitative estimate of drug-likeness (QED) is 0.715. The highest BCUT2D eigenvalue weighted by atomic mass is 16.5. The van der Waals surface area contributed by atoms with Crippen LogP contribution in [0.15, 0.2) is 42.5 Å². The smallest absolute Gasteiger partial charge is 0.251 e. The fraction of sp³-hybridized carbons (Fsp3) is 0.409. The summed E-state index contributed by atoms with van der Waals surface area (Å²) < 4.78 is 22.3. The Bertz CT molecular complexity index is 769. The molecule has 0 bridgehead atoms. The molecule has 6 nitrogen and oxygen atoms in total. The van der Waals surface area contributed by atoms with Crippen LogP contribution in [0.4, 0.5) is 0 Å². The number of hydrogen-bond acceptors (Lipinski definition) is 5. The van der Waals surface area contributed by atoms with E-state index in [9.17, 15) is 4.79 Å². The molecular formula is C22H27NO5. The Morgan fingerprint density at radius 1 is 1.14 bits per heavy atom. The number of hydrogen-bond donors (Lipinski definition) is 1. The Kier molecular flexibility index (Phi) is 7.14. The molecule has 1 saturated heterocycles. The third kappa shape index (κ3) is 5.39. The number of methoxy groups -OCH3 is 1. The highest BCUT2D eigenvalue weighted by Gasteiger charge is 2.17. The number of benzene rings is 2. The molecule has 3 rings (SSSR count). The number of carbonyl (C=O) groups is 1. The molecule has 2 aromatic rings. The number of nitrogens with one attached hydrogen (secondary N) is 1. The Balaban J connectivity index is 1.66. The van der Waals surface area contributed by atoms with Gasteiger partial charge in [0.15, 0.2) is 0 Å². The molecule has 28 heavy (non-hydrogen) atoms. The van der Waals surface area contributed by atoms with E-state index in [-0.39, 0.29) is 12.0 Å². The minimum absolute atomic E-state index is 0.115. The third-order valence-electron chi connectivity index (χ3n) is 4.59. The first-order valence-corrected chi connectivity index (χ1v) is 9.62. The molecule has 1 atom stereocenters. The molecule has 150 valence electrons. The summed E-state index contributed by atoms with van der Waals surface area (Å²) >= 11 is 0. The summed E-state index contributed by atoms with van der Waals surface area (Å²) in [6, 6.07) is 12.8. The predicted octanol–water partition coefficient (Wildman–Crippen LogP) is 3.58. The molecule has 2 aromatic carbocycles. The zero-order valence-electron chi connectivity index (χ0n) is 16.4. The van der Waals surface area contributed by atoms with Crippen molar-refractivity contribution in [2.75, 3.05) is 26.9 Å². The number of amides is 1. The lowest BCUT2D eigenvalue weighted by Crippen LogP contribution is -2.31. The van der Waals surface area contributed by atoms with Crippen molar-refractivity contribution in [1.29, 1.82) is 0 Å². The molecule has 1 heterocycles. The second-order valence-electron chi connectivity index (χ2n) is 6.56. The number of carbonyl (C=O) groups excluding carboxylic acids is 1. The van der Waals surface area contributed by atoms with E-state index in [1.54, 1.807) is 13.2 Å². The lowest BCUT2D eigenvalue weighted by Gasteiger charge is -2.14. The van der Waals surface area contributed by atoms with Crippen molar-refractivity contribution in [3.8, 4) is 17.2 Å². The van der Waals surface area contributed by atoms with Crippen molar-refractivity contribution in [3.63, 3.8) is 0 Å². The van der Waals surface area contributed by atoms with Gasteiger partial charge < -0.3 is 24.3 Å². The Morgan fingerprint density at radius 2 is 1.93 bits per heavy atom. The molecule has 1 fully saturated rings. The maximum absolute atomic E-state index is 12.5. The van der Waals surface area contributed by atoms with Crippen molar-refractivity contribution in [3.05, 3.63) is 53.6 Å². The van der Waals surface area contributed by atoms with E-state index < -0.39 is 0 Å². The average molecular weight is 385 g/mol. The van der Waals surface area contributed by atoms with E-state index in [1.807, 2.05) is 43.3 Å². The van der Waals surface area contributed by atoms with Crippen LogP contribution in [-0.2, 0) is 11.3 Å². The maximum Gasteiger partial charge on any atom is 0.251 e. The Morgan fingerprint density at radius 3 is 2.61 bits per heavy atom. The summed E-state index contributed by atoms with van der Waals surface area (Å²) in [7, 11) is 1.62. The highest BCUT2D eigenvalue weighted by molar-refractivity contribution is 5.94. The van der Waals surface area contributed by atoms with Crippen LogP contribution in [0.25, 0.3) is 0 Å². The highest BCUT2D eigenvalue weighted by Crippen LogP contribution is 2.24. The first kappa shape index (κ1) is 20.0. The molecule has 0 spiro atoms. The topological polar surface area (TPSA) is 66.0 Å². The van der Waals surface area contributed by atoms with E-state index in [1.165, 1.54) is 0 Å². The van der Waals surface area contributed by atoms with Crippen molar-refractivity contribution in [2.24, 2.45) is 0 Å². The second kappa shape index (κ2) is 9.99. The normalized spacial score (nSPS) is 15.9. The van der Waals surface area contributed by atoms with Gasteiger partial charge in [0, 0.05) is 24.3 Å². The van der Waals surface area contributed by atoms with Gasteiger partial charge in [0.2, 0.25) is 0 Å². The van der Waals surface area contributed by atoms with Crippen LogP contribution < -0.4 is 19.5 Å². The van der Waals surface area contributed by atoms with Crippen LogP contribution in [-0.4, -0.2) is 38.9 Å². The van der Waals surface area contributed by atoms with Gasteiger partial charge in [-0.3, -0.25) is 4.79 Å². The average Bonchev–Trinajstić information content (AvgIpc) is 3.25. The molecule has 1 unspecified atom stereocenters. The van der Waals surface area contributed by atoms with E-state index in [0.717, 1.165) is 36.5 Å². The van der Waals surface area contributed by atoms with Gasteiger partial charge in [-0.05, 0) is 62.2 Å². The summed E-state index contributed by atoms with van der Waals surface area (Å²) in [6.45, 7) is 4.07. The second-order valence-corrected chi connectivity index (χ2v) is 6.56. The van der Waals surface area contributed by atoms with Crippen molar-refractivity contribution in [2.45, 2.75) is 32.5 Å². The Labute approximate surface area is 165 Å².